The average Bonchev–Trinajstić information content (AvgIpc) is 3.15. The maximum Gasteiger partial charge on any atom is 0.250 e. The zero-order valence-corrected chi connectivity index (χ0v) is 17.8. The Morgan fingerprint density at radius 3 is 2.82 bits per heavy atom. The number of nitrogens with zero attached hydrogens (tertiary/aromatic N) is 1. The summed E-state index contributed by atoms with van der Waals surface area (Å²) in [7, 11) is 1.61. The third-order valence-electron chi connectivity index (χ3n) is 3.80. The van der Waals surface area contributed by atoms with Crippen molar-refractivity contribution in [3.8, 4) is 22.8 Å². The second-order valence-electron chi connectivity index (χ2n) is 5.68. The zero-order chi connectivity index (χ0) is 19.9. The van der Waals surface area contributed by atoms with Crippen LogP contribution in [0.1, 0.15) is 12.5 Å². The largest absolute Gasteiger partial charge is 0.496 e. The number of aromatic nitrogens is 1. The van der Waals surface area contributed by atoms with Crippen LogP contribution in [-0.4, -0.2) is 24.6 Å². The van der Waals surface area contributed by atoms with Gasteiger partial charge in [0.05, 0.1) is 23.9 Å². The van der Waals surface area contributed by atoms with Gasteiger partial charge >= 0.3 is 0 Å². The summed E-state index contributed by atoms with van der Waals surface area (Å²) in [5.41, 5.74) is 2.56. The number of benzene rings is 2. The Morgan fingerprint density at radius 1 is 1.25 bits per heavy atom. The maximum absolute atomic E-state index is 12.2. The Hall–Kier alpha value is -2.64. The predicted octanol–water partition coefficient (Wildman–Crippen LogP) is 5.63. The molecule has 0 aliphatic rings. The van der Waals surface area contributed by atoms with Gasteiger partial charge in [0.25, 0.3) is 0 Å². The minimum absolute atomic E-state index is 0.245. The number of carbonyl (C=O) groups is 1. The molecule has 0 atom stereocenters. The van der Waals surface area contributed by atoms with E-state index in [1.807, 2.05) is 54.8 Å². The fraction of sp³-hybridized carbons (Fsp3) is 0.143. The van der Waals surface area contributed by atoms with Crippen molar-refractivity contribution in [3.63, 3.8) is 0 Å². The number of amides is 1. The minimum atomic E-state index is -0.245. The molecule has 0 spiro atoms. The summed E-state index contributed by atoms with van der Waals surface area (Å²) in [6, 6.07) is 13.3. The zero-order valence-electron chi connectivity index (χ0n) is 15.4. The Balaban J connectivity index is 1.68. The van der Waals surface area contributed by atoms with Crippen molar-refractivity contribution in [2.45, 2.75) is 6.92 Å². The number of halogens is 1. The highest BCUT2D eigenvalue weighted by Gasteiger charge is 2.11. The molecule has 0 radical (unpaired) electrons. The Labute approximate surface area is 176 Å². The van der Waals surface area contributed by atoms with Gasteiger partial charge in [-0.2, -0.15) is 0 Å². The van der Waals surface area contributed by atoms with E-state index >= 15 is 0 Å². The van der Waals surface area contributed by atoms with Gasteiger partial charge in [0.1, 0.15) is 11.5 Å². The number of hydrogen-bond acceptors (Lipinski definition) is 5. The molecule has 1 aromatic heterocycles. The normalized spacial score (nSPS) is 10.8. The van der Waals surface area contributed by atoms with Gasteiger partial charge in [0, 0.05) is 17.0 Å². The molecule has 1 amide bonds. The molecule has 3 aromatic rings. The third-order valence-corrected chi connectivity index (χ3v) is 5.18. The molecule has 0 saturated heterocycles. The molecule has 0 bridgehead atoms. The Bertz CT molecular complexity index is 1000. The van der Waals surface area contributed by atoms with E-state index in [-0.39, 0.29) is 5.91 Å². The van der Waals surface area contributed by atoms with Gasteiger partial charge in [-0.1, -0.05) is 18.2 Å². The highest BCUT2D eigenvalue weighted by molar-refractivity contribution is 9.10. The lowest BCUT2D eigenvalue weighted by molar-refractivity contribution is -0.111. The molecule has 0 unspecified atom stereocenters. The summed E-state index contributed by atoms with van der Waals surface area (Å²) in [5.74, 6) is 1.27. The smallest absolute Gasteiger partial charge is 0.250 e. The van der Waals surface area contributed by atoms with Crippen molar-refractivity contribution in [2.75, 3.05) is 19.0 Å². The molecule has 0 saturated carbocycles. The van der Waals surface area contributed by atoms with E-state index in [1.165, 1.54) is 17.4 Å². The van der Waals surface area contributed by atoms with E-state index in [9.17, 15) is 4.79 Å². The minimum Gasteiger partial charge on any atom is -0.496 e. The van der Waals surface area contributed by atoms with Crippen LogP contribution < -0.4 is 14.8 Å². The number of rotatable bonds is 7. The first-order valence-corrected chi connectivity index (χ1v) is 10.3. The van der Waals surface area contributed by atoms with Gasteiger partial charge in [0.15, 0.2) is 5.13 Å². The van der Waals surface area contributed by atoms with E-state index < -0.39 is 0 Å². The lowest BCUT2D eigenvalue weighted by atomic mass is 10.1. The molecule has 1 N–H and O–H groups in total. The van der Waals surface area contributed by atoms with Gasteiger partial charge in [-0.15, -0.1) is 11.3 Å². The highest BCUT2D eigenvalue weighted by atomic mass is 79.9. The lowest BCUT2D eigenvalue weighted by Gasteiger charge is -2.07. The molecule has 0 fully saturated rings. The van der Waals surface area contributed by atoms with E-state index in [0.717, 1.165) is 32.8 Å². The molecule has 0 aliphatic carbocycles. The van der Waals surface area contributed by atoms with Gasteiger partial charge in [-0.05, 0) is 58.8 Å². The Kier molecular flexibility index (Phi) is 6.84. The van der Waals surface area contributed by atoms with Crippen LogP contribution in [0.2, 0.25) is 0 Å². The van der Waals surface area contributed by atoms with Crippen molar-refractivity contribution < 1.29 is 14.3 Å². The number of ether oxygens (including phenoxy) is 2. The van der Waals surface area contributed by atoms with Crippen molar-refractivity contribution >= 4 is 44.4 Å². The van der Waals surface area contributed by atoms with Crippen LogP contribution in [0, 0.1) is 0 Å². The summed E-state index contributed by atoms with van der Waals surface area (Å²) in [5, 5.41) is 5.23. The van der Waals surface area contributed by atoms with E-state index in [1.54, 1.807) is 13.2 Å². The fourth-order valence-corrected chi connectivity index (χ4v) is 3.79. The SMILES string of the molecule is CCOc1ccccc1-c1csc(NC(=O)/C=C/c2ccc(OC)c(Br)c2)n1. The summed E-state index contributed by atoms with van der Waals surface area (Å²) in [6.45, 7) is 2.52. The monoisotopic (exact) mass is 458 g/mol. The summed E-state index contributed by atoms with van der Waals surface area (Å²) < 4.78 is 11.7. The Morgan fingerprint density at radius 2 is 2.07 bits per heavy atom. The van der Waals surface area contributed by atoms with Crippen LogP contribution in [0.15, 0.2) is 58.4 Å². The number of anilines is 1. The molecule has 144 valence electrons. The molecule has 3 rings (SSSR count). The molecule has 7 heteroatoms. The van der Waals surface area contributed by atoms with Crippen molar-refractivity contribution in [3.05, 3.63) is 64.0 Å². The van der Waals surface area contributed by atoms with E-state index in [0.29, 0.717) is 11.7 Å². The lowest BCUT2D eigenvalue weighted by Crippen LogP contribution is -2.07. The topological polar surface area (TPSA) is 60.5 Å². The molecule has 0 aliphatic heterocycles. The fourth-order valence-electron chi connectivity index (χ4n) is 2.52. The van der Waals surface area contributed by atoms with Gasteiger partial charge in [-0.25, -0.2) is 4.98 Å². The van der Waals surface area contributed by atoms with Crippen LogP contribution in [0.25, 0.3) is 17.3 Å². The first kappa shape index (κ1) is 20.1. The second-order valence-corrected chi connectivity index (χ2v) is 7.40. The number of hydrogen-bond donors (Lipinski definition) is 1. The van der Waals surface area contributed by atoms with Crippen LogP contribution in [-0.2, 0) is 4.79 Å². The molecular weight excluding hydrogens is 440 g/mol. The summed E-state index contributed by atoms with van der Waals surface area (Å²) >= 11 is 4.80. The summed E-state index contributed by atoms with van der Waals surface area (Å²) in [4.78, 5) is 16.7. The predicted molar refractivity (Wildman–Crippen MR) is 117 cm³/mol. The number of carbonyl (C=O) groups excluding carboxylic acids is 1. The van der Waals surface area contributed by atoms with Crippen molar-refractivity contribution in [1.82, 2.24) is 4.98 Å². The standard InChI is InChI=1S/C21H19BrN2O3S/c1-3-27-18-7-5-4-6-15(18)17-13-28-21(23-17)24-20(25)11-9-14-8-10-19(26-2)16(22)12-14/h4-13H,3H2,1-2H3,(H,23,24,25)/b11-9+. The summed E-state index contributed by atoms with van der Waals surface area (Å²) in [6.07, 6.45) is 3.21. The molecule has 1 heterocycles. The van der Waals surface area contributed by atoms with Gasteiger partial charge in [-0.3, -0.25) is 10.1 Å². The molecule has 2 aromatic carbocycles. The first-order chi connectivity index (χ1) is 13.6. The third kappa shape index (κ3) is 4.99. The van der Waals surface area contributed by atoms with Crippen LogP contribution in [0.4, 0.5) is 5.13 Å². The average molecular weight is 459 g/mol. The number of methoxy groups -OCH3 is 1. The van der Waals surface area contributed by atoms with Crippen molar-refractivity contribution in [1.29, 1.82) is 0 Å². The van der Waals surface area contributed by atoms with Crippen LogP contribution in [0.5, 0.6) is 11.5 Å². The molecule has 5 nitrogen and oxygen atoms in total. The molecule has 28 heavy (non-hydrogen) atoms. The van der Waals surface area contributed by atoms with Gasteiger partial charge < -0.3 is 9.47 Å². The quantitative estimate of drug-likeness (QED) is 0.465. The maximum atomic E-state index is 12.2. The van der Waals surface area contributed by atoms with Crippen LogP contribution in [0.3, 0.4) is 0 Å². The van der Waals surface area contributed by atoms with Crippen LogP contribution >= 0.6 is 27.3 Å². The van der Waals surface area contributed by atoms with E-state index in [4.69, 9.17) is 9.47 Å². The number of nitrogens with one attached hydrogen (secondary N) is 1. The van der Waals surface area contributed by atoms with E-state index in [2.05, 4.69) is 26.2 Å². The number of thiazole rings is 1. The first-order valence-electron chi connectivity index (χ1n) is 8.61. The molecular formula is C21H19BrN2O3S. The number of para-hydroxylation sites is 1. The van der Waals surface area contributed by atoms with Gasteiger partial charge in [0.2, 0.25) is 5.91 Å². The second kappa shape index (κ2) is 9.52. The van der Waals surface area contributed by atoms with Crippen molar-refractivity contribution in [2.24, 2.45) is 0 Å². The highest BCUT2D eigenvalue weighted by Crippen LogP contribution is 2.32.